The van der Waals surface area contributed by atoms with E-state index in [1.54, 1.807) is 0 Å². The van der Waals surface area contributed by atoms with Gasteiger partial charge in [-0.05, 0) is 42.9 Å². The highest BCUT2D eigenvalue weighted by atomic mass is 35.5. The van der Waals surface area contributed by atoms with Crippen molar-refractivity contribution in [3.05, 3.63) is 28.8 Å². The average molecular weight is 280 g/mol. The van der Waals surface area contributed by atoms with Gasteiger partial charge in [0.1, 0.15) is 11.4 Å². The quantitative estimate of drug-likeness (QED) is 0.768. The first kappa shape index (κ1) is 13.3. The lowest BCUT2D eigenvalue weighted by atomic mass is 9.66. The second kappa shape index (κ2) is 4.68. The minimum Gasteiger partial charge on any atom is -0.487 e. The Hall–Kier alpha value is -0.730. The fraction of sp³-hybridized carbons (Fsp3) is 0.625. The largest absolute Gasteiger partial charge is 0.487 e. The number of rotatable bonds is 0. The van der Waals surface area contributed by atoms with Crippen LogP contribution in [0.25, 0.3) is 0 Å². The van der Waals surface area contributed by atoms with E-state index in [1.165, 1.54) is 12.8 Å². The minimum atomic E-state index is -0.0715. The van der Waals surface area contributed by atoms with E-state index >= 15 is 0 Å². The van der Waals surface area contributed by atoms with Crippen LogP contribution in [0.1, 0.15) is 51.1 Å². The van der Waals surface area contributed by atoms with Crippen LogP contribution in [-0.4, -0.2) is 5.60 Å². The van der Waals surface area contributed by atoms with Gasteiger partial charge in [-0.1, -0.05) is 31.9 Å². The molecule has 4 unspecified atom stereocenters. The summed E-state index contributed by atoms with van der Waals surface area (Å²) in [5, 5.41) is 0.735. The van der Waals surface area contributed by atoms with Crippen molar-refractivity contribution in [2.24, 2.45) is 17.6 Å². The van der Waals surface area contributed by atoms with Crippen LogP contribution in [0.15, 0.2) is 18.2 Å². The molecule has 1 aromatic rings. The lowest BCUT2D eigenvalue weighted by Gasteiger charge is -2.49. The zero-order valence-electron chi connectivity index (χ0n) is 11.7. The Morgan fingerprint density at radius 3 is 2.95 bits per heavy atom. The van der Waals surface area contributed by atoms with Gasteiger partial charge in [0.2, 0.25) is 0 Å². The van der Waals surface area contributed by atoms with Crippen molar-refractivity contribution in [2.75, 3.05) is 0 Å². The zero-order valence-corrected chi connectivity index (χ0v) is 12.4. The summed E-state index contributed by atoms with van der Waals surface area (Å²) in [7, 11) is 0. The number of nitrogens with two attached hydrogens (primary N) is 1. The Morgan fingerprint density at radius 1 is 1.37 bits per heavy atom. The van der Waals surface area contributed by atoms with Crippen molar-refractivity contribution in [3.8, 4) is 5.75 Å². The highest BCUT2D eigenvalue weighted by Crippen LogP contribution is 2.49. The molecule has 1 spiro atoms. The Morgan fingerprint density at radius 2 is 2.16 bits per heavy atom. The highest BCUT2D eigenvalue weighted by Gasteiger charge is 2.47. The molecule has 0 bridgehead atoms. The molecule has 19 heavy (non-hydrogen) atoms. The van der Waals surface area contributed by atoms with Crippen LogP contribution >= 0.6 is 11.6 Å². The van der Waals surface area contributed by atoms with E-state index in [0.717, 1.165) is 29.2 Å². The van der Waals surface area contributed by atoms with Gasteiger partial charge in [0.05, 0.1) is 0 Å². The highest BCUT2D eigenvalue weighted by molar-refractivity contribution is 6.30. The number of hydrogen-bond donors (Lipinski definition) is 1. The fourth-order valence-electron chi connectivity index (χ4n) is 3.80. The second-order valence-electron chi connectivity index (χ2n) is 6.32. The van der Waals surface area contributed by atoms with E-state index in [0.29, 0.717) is 11.8 Å². The van der Waals surface area contributed by atoms with Crippen LogP contribution in [0.2, 0.25) is 5.02 Å². The molecule has 2 N–H and O–H groups in total. The van der Waals surface area contributed by atoms with Gasteiger partial charge in [0.15, 0.2) is 0 Å². The summed E-state index contributed by atoms with van der Waals surface area (Å²) in [6, 6.07) is 5.86. The van der Waals surface area contributed by atoms with Crippen molar-refractivity contribution in [3.63, 3.8) is 0 Å². The van der Waals surface area contributed by atoms with E-state index in [-0.39, 0.29) is 11.6 Å². The summed E-state index contributed by atoms with van der Waals surface area (Å²) < 4.78 is 6.43. The second-order valence-corrected chi connectivity index (χ2v) is 6.75. The van der Waals surface area contributed by atoms with E-state index < -0.39 is 0 Å². The molecular weight excluding hydrogens is 258 g/mol. The van der Waals surface area contributed by atoms with Gasteiger partial charge >= 0.3 is 0 Å². The van der Waals surface area contributed by atoms with Crippen LogP contribution in [0.4, 0.5) is 0 Å². The molecule has 4 atom stereocenters. The van der Waals surface area contributed by atoms with Gasteiger partial charge in [-0.3, -0.25) is 0 Å². The third-order valence-corrected chi connectivity index (χ3v) is 5.43. The molecule has 104 valence electrons. The topological polar surface area (TPSA) is 35.2 Å². The van der Waals surface area contributed by atoms with Crippen molar-refractivity contribution in [1.29, 1.82) is 0 Å². The Kier molecular flexibility index (Phi) is 3.26. The summed E-state index contributed by atoms with van der Waals surface area (Å²) in [5.74, 6) is 2.19. The Balaban J connectivity index is 1.98. The third kappa shape index (κ3) is 2.15. The number of ether oxygens (including phenoxy) is 1. The summed E-state index contributed by atoms with van der Waals surface area (Å²) in [6.45, 7) is 4.65. The Labute approximate surface area is 120 Å². The molecule has 2 nitrogen and oxygen atoms in total. The Bertz CT molecular complexity index is 490. The molecule has 1 aliphatic carbocycles. The van der Waals surface area contributed by atoms with Crippen LogP contribution in [-0.2, 0) is 0 Å². The normalized spacial score (nSPS) is 37.8. The number of fused-ring (bicyclic) bond motifs is 1. The number of benzene rings is 1. The molecule has 3 heteroatoms. The van der Waals surface area contributed by atoms with E-state index in [4.69, 9.17) is 22.1 Å². The minimum absolute atomic E-state index is 0.0372. The van der Waals surface area contributed by atoms with Gasteiger partial charge in [0.25, 0.3) is 0 Å². The molecule has 1 aliphatic heterocycles. The molecule has 1 heterocycles. The van der Waals surface area contributed by atoms with Gasteiger partial charge in [0, 0.05) is 23.0 Å². The maximum Gasteiger partial charge on any atom is 0.125 e. The lowest BCUT2D eigenvalue weighted by molar-refractivity contribution is -0.0614. The van der Waals surface area contributed by atoms with Gasteiger partial charge in [-0.25, -0.2) is 0 Å². The van der Waals surface area contributed by atoms with Gasteiger partial charge in [-0.2, -0.15) is 0 Å². The molecule has 0 radical (unpaired) electrons. The van der Waals surface area contributed by atoms with Gasteiger partial charge < -0.3 is 10.5 Å². The smallest absolute Gasteiger partial charge is 0.125 e. The molecule has 1 saturated carbocycles. The van der Waals surface area contributed by atoms with Gasteiger partial charge in [-0.15, -0.1) is 0 Å². The van der Waals surface area contributed by atoms with Crippen LogP contribution < -0.4 is 10.5 Å². The van der Waals surface area contributed by atoms with Crippen molar-refractivity contribution < 1.29 is 4.74 Å². The first-order valence-electron chi connectivity index (χ1n) is 7.26. The first-order valence-corrected chi connectivity index (χ1v) is 7.64. The summed E-state index contributed by atoms with van der Waals surface area (Å²) in [6.07, 6.45) is 4.57. The van der Waals surface area contributed by atoms with Crippen molar-refractivity contribution in [1.82, 2.24) is 0 Å². The zero-order chi connectivity index (χ0) is 13.6. The molecule has 1 fully saturated rings. The molecule has 2 aliphatic rings. The van der Waals surface area contributed by atoms with E-state index in [9.17, 15) is 0 Å². The van der Waals surface area contributed by atoms with Crippen LogP contribution in [0.3, 0.4) is 0 Å². The molecule has 0 saturated heterocycles. The monoisotopic (exact) mass is 279 g/mol. The first-order chi connectivity index (χ1) is 9.02. The molecule has 3 rings (SSSR count). The summed E-state index contributed by atoms with van der Waals surface area (Å²) in [4.78, 5) is 0. The standard InChI is InChI=1S/C16H22ClNO/c1-10-4-3-7-16(11(10)2)9-14(18)13-8-12(17)5-6-15(13)19-16/h5-6,8,10-11,14H,3-4,7,9,18H2,1-2H3. The van der Waals surface area contributed by atoms with Crippen molar-refractivity contribution >= 4 is 11.6 Å². The average Bonchev–Trinajstić information content (AvgIpc) is 2.37. The summed E-state index contributed by atoms with van der Waals surface area (Å²) >= 11 is 6.06. The summed E-state index contributed by atoms with van der Waals surface area (Å²) in [5.41, 5.74) is 7.38. The van der Waals surface area contributed by atoms with E-state index in [2.05, 4.69) is 13.8 Å². The molecule has 0 amide bonds. The predicted molar refractivity (Wildman–Crippen MR) is 78.5 cm³/mol. The number of halogens is 1. The fourth-order valence-corrected chi connectivity index (χ4v) is 3.98. The number of hydrogen-bond acceptors (Lipinski definition) is 2. The maximum absolute atomic E-state index is 6.43. The molecule has 0 aromatic heterocycles. The SMILES string of the molecule is CC1CCCC2(CC(N)c3cc(Cl)ccc3O2)C1C. The molecular formula is C16H22ClNO. The maximum atomic E-state index is 6.43. The van der Waals surface area contributed by atoms with Crippen LogP contribution in [0, 0.1) is 11.8 Å². The predicted octanol–water partition coefficient (Wildman–Crippen LogP) is 4.32. The van der Waals surface area contributed by atoms with Crippen molar-refractivity contribution in [2.45, 2.75) is 51.2 Å². The third-order valence-electron chi connectivity index (χ3n) is 5.19. The van der Waals surface area contributed by atoms with E-state index in [1.807, 2.05) is 18.2 Å². The molecule has 1 aromatic carbocycles. The van der Waals surface area contributed by atoms with Crippen LogP contribution in [0.5, 0.6) is 5.75 Å². The lowest BCUT2D eigenvalue weighted by Crippen LogP contribution is -2.51.